The van der Waals surface area contributed by atoms with Gasteiger partial charge in [-0.2, -0.15) is 0 Å². The first-order valence-corrected chi connectivity index (χ1v) is 13.3. The molecular weight excluding hydrogens is 630 g/mol. The average Bonchev–Trinajstić information content (AvgIpc) is 3.73. The number of nitrogens with one attached hydrogen (secondary N) is 1. The number of fused-ring (bicyclic) bond motifs is 1. The molecule has 41 heavy (non-hydrogen) atoms. The van der Waals surface area contributed by atoms with Gasteiger partial charge in [-0.3, -0.25) is 4.98 Å². The van der Waals surface area contributed by atoms with Gasteiger partial charge >= 0.3 is 0 Å². The SMILES string of the molecule is Cl.Cl.Cl.N[C@H]1CCCN(c2ccc(Nc3c(C4(C=O)CC4)cnc4ccc(-c5cc(Cl)c(O)c(Cl)c5)nc34)cn2)C1. The Labute approximate surface area is 266 Å². The molecule has 0 spiro atoms. The van der Waals surface area contributed by atoms with Crippen molar-refractivity contribution in [2.24, 2.45) is 5.73 Å². The first-order valence-electron chi connectivity index (χ1n) is 12.6. The Bertz CT molecular complexity index is 1530. The van der Waals surface area contributed by atoms with E-state index in [2.05, 4.69) is 20.2 Å². The number of aromatic hydroxyl groups is 1. The number of piperidine rings is 1. The highest BCUT2D eigenvalue weighted by Gasteiger charge is 2.46. The molecule has 2 fully saturated rings. The summed E-state index contributed by atoms with van der Waals surface area (Å²) in [4.78, 5) is 28.5. The second-order valence-corrected chi connectivity index (χ2v) is 10.9. The molecule has 0 bridgehead atoms. The van der Waals surface area contributed by atoms with Gasteiger partial charge in [-0.25, -0.2) is 9.97 Å². The summed E-state index contributed by atoms with van der Waals surface area (Å²) < 4.78 is 0. The monoisotopic (exact) mass is 656 g/mol. The number of carbonyl (C=O) groups excluding carboxylic acids is 1. The highest BCUT2D eigenvalue weighted by atomic mass is 35.5. The van der Waals surface area contributed by atoms with Crippen molar-refractivity contribution in [1.82, 2.24) is 15.0 Å². The van der Waals surface area contributed by atoms with Gasteiger partial charge < -0.3 is 25.9 Å². The molecule has 13 heteroatoms. The van der Waals surface area contributed by atoms with Gasteiger partial charge in [0.25, 0.3) is 0 Å². The number of anilines is 3. The maximum absolute atomic E-state index is 12.1. The largest absolute Gasteiger partial charge is 0.505 e. The van der Waals surface area contributed by atoms with Gasteiger partial charge in [-0.05, 0) is 62.1 Å². The summed E-state index contributed by atoms with van der Waals surface area (Å²) >= 11 is 12.3. The molecule has 1 saturated carbocycles. The molecule has 2 aliphatic rings. The molecular formula is C28H29Cl5N6O2. The number of rotatable bonds is 6. The summed E-state index contributed by atoms with van der Waals surface area (Å²) in [6.07, 6.45) is 8.15. The molecule has 6 rings (SSSR count). The number of benzene rings is 1. The van der Waals surface area contributed by atoms with E-state index in [0.29, 0.717) is 28.0 Å². The molecule has 8 nitrogen and oxygen atoms in total. The van der Waals surface area contributed by atoms with Crippen molar-refractivity contribution >= 4 is 94.9 Å². The van der Waals surface area contributed by atoms with Crippen LogP contribution in [0, 0.1) is 0 Å². The van der Waals surface area contributed by atoms with E-state index < -0.39 is 5.41 Å². The number of phenolic OH excluding ortho intramolecular Hbond substituents is 1. The molecule has 1 aliphatic carbocycles. The van der Waals surface area contributed by atoms with Crippen molar-refractivity contribution in [2.75, 3.05) is 23.3 Å². The fraction of sp³-hybridized carbons (Fsp3) is 0.286. The van der Waals surface area contributed by atoms with Gasteiger partial charge in [0.05, 0.1) is 44.2 Å². The lowest BCUT2D eigenvalue weighted by molar-refractivity contribution is -0.109. The number of aromatic nitrogens is 3. The minimum absolute atomic E-state index is 0. The molecule has 218 valence electrons. The van der Waals surface area contributed by atoms with Gasteiger partial charge in [0.1, 0.15) is 17.6 Å². The quantitative estimate of drug-likeness (QED) is 0.192. The second kappa shape index (κ2) is 13.2. The average molecular weight is 659 g/mol. The maximum Gasteiger partial charge on any atom is 0.152 e. The number of hydrogen-bond acceptors (Lipinski definition) is 8. The van der Waals surface area contributed by atoms with E-state index in [1.807, 2.05) is 24.3 Å². The first kappa shape index (κ1) is 32.9. The Hall–Kier alpha value is -2.59. The minimum Gasteiger partial charge on any atom is -0.505 e. The van der Waals surface area contributed by atoms with Gasteiger partial charge in [0, 0.05) is 36.5 Å². The van der Waals surface area contributed by atoms with Crippen LogP contribution in [0.3, 0.4) is 0 Å². The van der Waals surface area contributed by atoms with E-state index in [0.717, 1.165) is 62.1 Å². The van der Waals surface area contributed by atoms with Crippen molar-refractivity contribution < 1.29 is 9.90 Å². The smallest absolute Gasteiger partial charge is 0.152 e. The van der Waals surface area contributed by atoms with Crippen molar-refractivity contribution in [2.45, 2.75) is 37.1 Å². The van der Waals surface area contributed by atoms with Gasteiger partial charge in [-0.15, -0.1) is 37.2 Å². The van der Waals surface area contributed by atoms with Crippen LogP contribution < -0.4 is 16.0 Å². The predicted molar refractivity (Wildman–Crippen MR) is 172 cm³/mol. The molecule has 0 amide bonds. The van der Waals surface area contributed by atoms with Crippen LogP contribution >= 0.6 is 60.4 Å². The Morgan fingerprint density at radius 1 is 1.05 bits per heavy atom. The van der Waals surface area contributed by atoms with E-state index in [1.54, 1.807) is 24.5 Å². The number of pyridine rings is 3. The predicted octanol–water partition coefficient (Wildman–Crippen LogP) is 6.87. The third-order valence-corrected chi connectivity index (χ3v) is 7.95. The van der Waals surface area contributed by atoms with Crippen LogP contribution in [0.15, 0.2) is 48.8 Å². The third-order valence-electron chi connectivity index (χ3n) is 7.38. The number of halogens is 5. The van der Waals surface area contributed by atoms with E-state index >= 15 is 0 Å². The van der Waals surface area contributed by atoms with Crippen LogP contribution in [0.4, 0.5) is 17.2 Å². The minimum atomic E-state index is -0.580. The van der Waals surface area contributed by atoms with Gasteiger partial charge in [0.15, 0.2) is 5.75 Å². The first-order chi connectivity index (χ1) is 18.4. The molecule has 1 saturated heterocycles. The summed E-state index contributed by atoms with van der Waals surface area (Å²) in [5.41, 5.74) is 10.4. The summed E-state index contributed by atoms with van der Waals surface area (Å²) in [5, 5.41) is 13.7. The topological polar surface area (TPSA) is 117 Å². The number of carbonyl (C=O) groups is 1. The maximum atomic E-state index is 12.1. The van der Waals surface area contributed by atoms with Crippen molar-refractivity contribution in [1.29, 1.82) is 0 Å². The molecule has 4 N–H and O–H groups in total. The molecule has 1 aromatic carbocycles. The summed E-state index contributed by atoms with van der Waals surface area (Å²) in [7, 11) is 0. The molecule has 4 aromatic rings. The number of nitrogens with zero attached hydrogens (tertiary/aromatic N) is 4. The molecule has 4 heterocycles. The molecule has 0 radical (unpaired) electrons. The zero-order valence-electron chi connectivity index (χ0n) is 21.7. The lowest BCUT2D eigenvalue weighted by Gasteiger charge is -2.31. The Morgan fingerprint density at radius 2 is 1.78 bits per heavy atom. The summed E-state index contributed by atoms with van der Waals surface area (Å²) in [6.45, 7) is 1.73. The van der Waals surface area contributed by atoms with E-state index in [4.69, 9.17) is 33.9 Å². The lowest BCUT2D eigenvalue weighted by Crippen LogP contribution is -2.43. The van der Waals surface area contributed by atoms with Crippen LogP contribution in [0.25, 0.3) is 22.3 Å². The van der Waals surface area contributed by atoms with Crippen LogP contribution in [0.5, 0.6) is 5.75 Å². The van der Waals surface area contributed by atoms with E-state index in [-0.39, 0.29) is 59.1 Å². The van der Waals surface area contributed by atoms with E-state index in [9.17, 15) is 9.90 Å². The fourth-order valence-corrected chi connectivity index (χ4v) is 5.53. The second-order valence-electron chi connectivity index (χ2n) is 10.1. The van der Waals surface area contributed by atoms with Crippen LogP contribution in [-0.4, -0.2) is 45.5 Å². The number of aldehydes is 1. The number of hydrogen-bond donors (Lipinski definition) is 3. The molecule has 1 aliphatic heterocycles. The Kier molecular flexibility index (Phi) is 10.6. The van der Waals surface area contributed by atoms with Crippen molar-refractivity contribution in [3.8, 4) is 17.0 Å². The van der Waals surface area contributed by atoms with Crippen molar-refractivity contribution in [3.05, 3.63) is 64.4 Å². The lowest BCUT2D eigenvalue weighted by atomic mass is 9.96. The van der Waals surface area contributed by atoms with Crippen LogP contribution in [0.1, 0.15) is 31.2 Å². The summed E-state index contributed by atoms with van der Waals surface area (Å²) in [6, 6.07) is 11.0. The van der Waals surface area contributed by atoms with Gasteiger partial charge in [-0.1, -0.05) is 23.2 Å². The highest BCUT2D eigenvalue weighted by molar-refractivity contribution is 6.37. The van der Waals surface area contributed by atoms with Gasteiger partial charge in [0.2, 0.25) is 0 Å². The summed E-state index contributed by atoms with van der Waals surface area (Å²) in [5.74, 6) is 0.715. The highest BCUT2D eigenvalue weighted by Crippen LogP contribution is 2.50. The Balaban J connectivity index is 0.00000154. The third kappa shape index (κ3) is 6.43. The van der Waals surface area contributed by atoms with E-state index in [1.165, 1.54) is 0 Å². The zero-order chi connectivity index (χ0) is 26.4. The Morgan fingerprint density at radius 3 is 2.39 bits per heavy atom. The zero-order valence-corrected chi connectivity index (χ0v) is 25.7. The van der Waals surface area contributed by atoms with Crippen LogP contribution in [-0.2, 0) is 10.2 Å². The molecule has 3 aromatic heterocycles. The van der Waals surface area contributed by atoms with Crippen LogP contribution in [0.2, 0.25) is 10.0 Å². The number of nitrogens with two attached hydrogens (primary N) is 1. The fourth-order valence-electron chi connectivity index (χ4n) is 5.04. The van der Waals surface area contributed by atoms with Crippen molar-refractivity contribution in [3.63, 3.8) is 0 Å². The molecule has 1 atom stereocenters. The number of phenols is 1. The standard InChI is InChI=1S/C28H26Cl2N6O2.3ClH/c29-20-10-16(11-21(30)27(20)38)22-4-5-23-26(35-22)25(19(13-32-23)28(15-37)7-8-28)34-18-3-6-24(33-12-18)36-9-1-2-17(31)14-36;;;/h3-6,10-13,15,17,38H,1-2,7-9,14,31H2,(H,32,34);3*1H/t17-;;;/m0.../s1. The normalized spacial score (nSPS) is 17.0. The molecule has 0 unspecified atom stereocenters.